The number of nitrogens with one attached hydrogen (secondary N) is 1. The molecule has 1 N–H and O–H groups in total. The van der Waals surface area contributed by atoms with E-state index in [1.807, 2.05) is 4.90 Å². The molecule has 1 atom stereocenters. The monoisotopic (exact) mass is 465 g/mol. The number of rotatable bonds is 5. The number of hydrogen-bond donors (Lipinski definition) is 1. The van der Waals surface area contributed by atoms with Crippen LogP contribution in [0.15, 0.2) is 4.99 Å². The molecule has 0 aromatic heterocycles. The van der Waals surface area contributed by atoms with E-state index in [1.54, 1.807) is 6.92 Å². The van der Waals surface area contributed by atoms with Gasteiger partial charge in [-0.25, -0.2) is 0 Å². The second-order valence-electron chi connectivity index (χ2n) is 7.37. The van der Waals surface area contributed by atoms with Gasteiger partial charge in [0.05, 0.1) is 6.54 Å². The number of piperazine rings is 1. The molecule has 0 aliphatic carbocycles. The number of amides is 1. The highest BCUT2D eigenvalue weighted by molar-refractivity contribution is 14.0. The maximum absolute atomic E-state index is 11.5. The molecular weight excluding hydrogens is 429 g/mol. The summed E-state index contributed by atoms with van der Waals surface area (Å²) in [5.41, 5.74) is 0. The van der Waals surface area contributed by atoms with Crippen LogP contribution in [0.25, 0.3) is 0 Å². The second-order valence-corrected chi connectivity index (χ2v) is 7.37. The molecule has 2 saturated heterocycles. The predicted molar refractivity (Wildman–Crippen MR) is 115 cm³/mol. The van der Waals surface area contributed by atoms with Crippen molar-refractivity contribution in [1.82, 2.24) is 20.0 Å². The van der Waals surface area contributed by atoms with Crippen molar-refractivity contribution in [2.45, 2.75) is 46.6 Å². The zero-order valence-electron chi connectivity index (χ0n) is 16.3. The van der Waals surface area contributed by atoms with Gasteiger partial charge in [0, 0.05) is 52.2 Å². The molecule has 0 saturated carbocycles. The first-order valence-electron chi connectivity index (χ1n) is 9.54. The molecule has 2 fully saturated rings. The van der Waals surface area contributed by atoms with Crippen LogP contribution in [0.1, 0.15) is 40.5 Å². The molecule has 0 bridgehead atoms. The number of carbonyl (C=O) groups is 1. The number of carbonyl (C=O) groups excluding carboxylic acids is 1. The van der Waals surface area contributed by atoms with E-state index in [4.69, 9.17) is 4.99 Å². The van der Waals surface area contributed by atoms with Gasteiger partial charge in [0.2, 0.25) is 5.91 Å². The SMILES string of the molecule is CCNC(=NC[C@H]1CCCN1CC(C)C)N1CCN(C(C)=O)CC1.I. The largest absolute Gasteiger partial charge is 0.357 e. The number of hydrogen-bond acceptors (Lipinski definition) is 3. The zero-order valence-corrected chi connectivity index (χ0v) is 18.7. The molecule has 0 spiro atoms. The van der Waals surface area contributed by atoms with Crippen molar-refractivity contribution >= 4 is 35.8 Å². The summed E-state index contributed by atoms with van der Waals surface area (Å²) in [4.78, 5) is 23.2. The molecule has 2 aliphatic rings. The quantitative estimate of drug-likeness (QED) is 0.383. The minimum Gasteiger partial charge on any atom is -0.357 e. The Labute approximate surface area is 170 Å². The van der Waals surface area contributed by atoms with Crippen molar-refractivity contribution in [2.75, 3.05) is 52.4 Å². The molecule has 2 heterocycles. The molecule has 0 radical (unpaired) electrons. The van der Waals surface area contributed by atoms with Gasteiger partial charge in [-0.3, -0.25) is 14.7 Å². The van der Waals surface area contributed by atoms with Gasteiger partial charge in [-0.1, -0.05) is 13.8 Å². The third kappa shape index (κ3) is 6.92. The van der Waals surface area contributed by atoms with Crippen LogP contribution in [0, 0.1) is 5.92 Å². The molecule has 25 heavy (non-hydrogen) atoms. The summed E-state index contributed by atoms with van der Waals surface area (Å²) in [6, 6.07) is 0.583. The maximum Gasteiger partial charge on any atom is 0.219 e. The standard InChI is InChI=1S/C18H35N5O.HI/c1-5-19-18(22-11-9-21(10-12-22)16(4)24)20-13-17-7-6-8-23(17)14-15(2)3;/h15,17H,5-14H2,1-4H3,(H,19,20);1H/t17-;/m1./s1. The van der Waals surface area contributed by atoms with Crippen LogP contribution >= 0.6 is 24.0 Å². The Kier molecular flexibility index (Phi) is 10.1. The number of halogens is 1. The second kappa shape index (κ2) is 11.2. The third-order valence-electron chi connectivity index (χ3n) is 4.91. The van der Waals surface area contributed by atoms with E-state index < -0.39 is 0 Å². The van der Waals surface area contributed by atoms with Crippen molar-refractivity contribution < 1.29 is 4.79 Å². The Bertz CT molecular complexity index is 435. The summed E-state index contributed by atoms with van der Waals surface area (Å²) >= 11 is 0. The fourth-order valence-corrected chi connectivity index (χ4v) is 3.66. The van der Waals surface area contributed by atoms with E-state index >= 15 is 0 Å². The summed E-state index contributed by atoms with van der Waals surface area (Å²) in [5, 5.41) is 3.43. The molecule has 1 amide bonds. The Morgan fingerprint density at radius 2 is 1.80 bits per heavy atom. The summed E-state index contributed by atoms with van der Waals surface area (Å²) in [7, 11) is 0. The first kappa shape index (κ1) is 22.5. The van der Waals surface area contributed by atoms with Crippen LogP contribution in [0.2, 0.25) is 0 Å². The number of aliphatic imine (C=N–C) groups is 1. The molecule has 7 heteroatoms. The molecule has 2 rings (SSSR count). The Morgan fingerprint density at radius 3 is 2.36 bits per heavy atom. The summed E-state index contributed by atoms with van der Waals surface area (Å²) in [6.07, 6.45) is 2.55. The van der Waals surface area contributed by atoms with Gasteiger partial charge >= 0.3 is 0 Å². The zero-order chi connectivity index (χ0) is 17.5. The topological polar surface area (TPSA) is 51.2 Å². The molecule has 146 valence electrons. The highest BCUT2D eigenvalue weighted by Crippen LogP contribution is 2.19. The maximum atomic E-state index is 11.5. The van der Waals surface area contributed by atoms with Crippen LogP contribution in [0.4, 0.5) is 0 Å². The average Bonchev–Trinajstić information content (AvgIpc) is 2.98. The van der Waals surface area contributed by atoms with Crippen molar-refractivity contribution in [3.8, 4) is 0 Å². The lowest BCUT2D eigenvalue weighted by molar-refractivity contribution is -0.130. The number of likely N-dealkylation sites (tertiary alicyclic amines) is 1. The molecule has 0 unspecified atom stereocenters. The van der Waals surface area contributed by atoms with Crippen LogP contribution in [-0.4, -0.2) is 85.0 Å². The van der Waals surface area contributed by atoms with Gasteiger partial charge in [0.1, 0.15) is 0 Å². The molecule has 0 aromatic rings. The summed E-state index contributed by atoms with van der Waals surface area (Å²) in [5.74, 6) is 1.89. The molecule has 6 nitrogen and oxygen atoms in total. The molecule has 2 aliphatic heterocycles. The lowest BCUT2D eigenvalue weighted by Gasteiger charge is -2.36. The Balaban J connectivity index is 0.00000312. The van der Waals surface area contributed by atoms with E-state index in [2.05, 4.69) is 35.9 Å². The Morgan fingerprint density at radius 1 is 1.16 bits per heavy atom. The number of guanidine groups is 1. The summed E-state index contributed by atoms with van der Waals surface area (Å²) < 4.78 is 0. The van der Waals surface area contributed by atoms with Crippen molar-refractivity contribution in [2.24, 2.45) is 10.9 Å². The Hall–Kier alpha value is -0.570. The normalized spacial score (nSPS) is 22.3. The van der Waals surface area contributed by atoms with Crippen molar-refractivity contribution in [3.05, 3.63) is 0 Å². The lowest BCUT2D eigenvalue weighted by atomic mass is 10.2. The first-order valence-corrected chi connectivity index (χ1v) is 9.54. The predicted octanol–water partition coefficient (Wildman–Crippen LogP) is 1.85. The molecule has 0 aromatic carbocycles. The van der Waals surface area contributed by atoms with E-state index in [9.17, 15) is 4.79 Å². The van der Waals surface area contributed by atoms with Gasteiger partial charge in [-0.2, -0.15) is 0 Å². The number of nitrogens with zero attached hydrogens (tertiary/aromatic N) is 4. The highest BCUT2D eigenvalue weighted by atomic mass is 127. The minimum atomic E-state index is 0. The smallest absolute Gasteiger partial charge is 0.219 e. The van der Waals surface area contributed by atoms with Crippen LogP contribution < -0.4 is 5.32 Å². The van der Waals surface area contributed by atoms with E-state index in [0.29, 0.717) is 12.0 Å². The van der Waals surface area contributed by atoms with Gasteiger partial charge in [0.25, 0.3) is 0 Å². The van der Waals surface area contributed by atoms with Crippen molar-refractivity contribution in [1.29, 1.82) is 0 Å². The van der Waals surface area contributed by atoms with Crippen LogP contribution in [0.3, 0.4) is 0 Å². The highest BCUT2D eigenvalue weighted by Gasteiger charge is 2.26. The van der Waals surface area contributed by atoms with Crippen molar-refractivity contribution in [3.63, 3.8) is 0 Å². The van der Waals surface area contributed by atoms with Crippen LogP contribution in [-0.2, 0) is 4.79 Å². The van der Waals surface area contributed by atoms with E-state index in [-0.39, 0.29) is 29.9 Å². The fraction of sp³-hybridized carbons (Fsp3) is 0.889. The van der Waals surface area contributed by atoms with E-state index in [0.717, 1.165) is 45.2 Å². The van der Waals surface area contributed by atoms with E-state index in [1.165, 1.54) is 25.9 Å². The van der Waals surface area contributed by atoms with Gasteiger partial charge in [-0.15, -0.1) is 24.0 Å². The van der Waals surface area contributed by atoms with Gasteiger partial charge in [-0.05, 0) is 32.2 Å². The first-order chi connectivity index (χ1) is 11.5. The minimum absolute atomic E-state index is 0. The molecular formula is C18H36IN5O. The van der Waals surface area contributed by atoms with Gasteiger partial charge < -0.3 is 15.1 Å². The van der Waals surface area contributed by atoms with Gasteiger partial charge in [0.15, 0.2) is 5.96 Å². The van der Waals surface area contributed by atoms with Crippen LogP contribution in [0.5, 0.6) is 0 Å². The lowest BCUT2D eigenvalue weighted by Crippen LogP contribution is -2.53. The fourth-order valence-electron chi connectivity index (χ4n) is 3.66. The summed E-state index contributed by atoms with van der Waals surface area (Å²) in [6.45, 7) is 15.8. The average molecular weight is 465 g/mol. The third-order valence-corrected chi connectivity index (χ3v) is 4.91.